The Kier molecular flexibility index (Phi) is 7.56. The second kappa shape index (κ2) is 9.20. The highest BCUT2D eigenvalue weighted by Gasteiger charge is 2.28. The molecule has 1 aromatic heterocycles. The topological polar surface area (TPSA) is 55.8 Å². The second-order valence-corrected chi connectivity index (χ2v) is 8.48. The van der Waals surface area contributed by atoms with Gasteiger partial charge in [-0.25, -0.2) is 9.59 Å². The quantitative estimate of drug-likeness (QED) is 0.420. The monoisotopic (exact) mass is 481 g/mol. The van der Waals surface area contributed by atoms with E-state index in [2.05, 4.69) is 31.9 Å². The fourth-order valence-electron chi connectivity index (χ4n) is 2.46. The number of hydrogen-bond acceptors (Lipinski definition) is 5. The molecule has 1 aliphatic heterocycles. The average Bonchev–Trinajstić information content (AvgIpc) is 2.89. The van der Waals surface area contributed by atoms with Crippen molar-refractivity contribution in [2.24, 2.45) is 0 Å². The molecule has 0 radical (unpaired) electrons. The van der Waals surface area contributed by atoms with Crippen molar-refractivity contribution in [3.8, 4) is 0 Å². The van der Waals surface area contributed by atoms with Gasteiger partial charge in [0, 0.05) is 33.7 Å². The van der Waals surface area contributed by atoms with Crippen molar-refractivity contribution in [3.05, 3.63) is 20.3 Å². The molecule has 2 rings (SSSR count). The van der Waals surface area contributed by atoms with Gasteiger partial charge in [0.2, 0.25) is 0 Å². The van der Waals surface area contributed by atoms with Gasteiger partial charge in [0.1, 0.15) is 4.88 Å². The van der Waals surface area contributed by atoms with E-state index in [4.69, 9.17) is 9.47 Å². The van der Waals surface area contributed by atoms with Crippen LogP contribution in [0.3, 0.4) is 0 Å². The van der Waals surface area contributed by atoms with Gasteiger partial charge < -0.3 is 14.4 Å². The lowest BCUT2D eigenvalue weighted by Gasteiger charge is -2.33. The summed E-state index contributed by atoms with van der Waals surface area (Å²) in [7, 11) is 0. The van der Waals surface area contributed by atoms with Crippen LogP contribution in [0.5, 0.6) is 0 Å². The zero-order valence-electron chi connectivity index (χ0n) is 13.7. The van der Waals surface area contributed by atoms with Crippen LogP contribution in [0.15, 0.2) is 10.5 Å². The van der Waals surface area contributed by atoms with E-state index in [1.54, 1.807) is 11.0 Å². The molecule has 0 saturated carbocycles. The Balaban J connectivity index is 1.91. The van der Waals surface area contributed by atoms with Crippen LogP contribution in [-0.4, -0.2) is 47.6 Å². The molecule has 0 bridgehead atoms. The maximum atomic E-state index is 12.0. The molecule has 134 valence electrons. The largest absolute Gasteiger partial charge is 0.459 e. The summed E-state index contributed by atoms with van der Waals surface area (Å²) in [6, 6.07) is 2.00. The standard InChI is InChI=1S/C16H21Br2NO4S/c1-10(2)23-15(20)14-8-12(18)13(24-14)4-3-6-19-11(9-17)5-7-22-16(19)21/h8,10-11H,3-7,9H2,1-2H3. The highest BCUT2D eigenvalue weighted by atomic mass is 79.9. The summed E-state index contributed by atoms with van der Waals surface area (Å²) >= 11 is 8.40. The zero-order valence-corrected chi connectivity index (χ0v) is 17.7. The van der Waals surface area contributed by atoms with Gasteiger partial charge in [-0.1, -0.05) is 15.9 Å². The van der Waals surface area contributed by atoms with E-state index in [-0.39, 0.29) is 24.2 Å². The highest BCUT2D eigenvalue weighted by molar-refractivity contribution is 9.10. The fraction of sp³-hybridized carbons (Fsp3) is 0.625. The number of rotatable bonds is 7. The predicted molar refractivity (Wildman–Crippen MR) is 101 cm³/mol. The summed E-state index contributed by atoms with van der Waals surface area (Å²) in [6.07, 6.45) is 2.09. The summed E-state index contributed by atoms with van der Waals surface area (Å²) in [4.78, 5) is 27.3. The summed E-state index contributed by atoms with van der Waals surface area (Å²) in [5.74, 6) is -0.291. The molecule has 8 heteroatoms. The number of ether oxygens (including phenoxy) is 2. The van der Waals surface area contributed by atoms with Gasteiger partial charge in [0.15, 0.2) is 0 Å². The van der Waals surface area contributed by atoms with Gasteiger partial charge >= 0.3 is 12.1 Å². The molecule has 0 N–H and O–H groups in total. The first-order valence-electron chi connectivity index (χ1n) is 7.91. The van der Waals surface area contributed by atoms with E-state index >= 15 is 0 Å². The molecular formula is C16H21Br2NO4S. The number of nitrogens with zero attached hydrogens (tertiary/aromatic N) is 1. The third kappa shape index (κ3) is 5.20. The van der Waals surface area contributed by atoms with Gasteiger partial charge in [0.25, 0.3) is 0 Å². The normalized spacial score (nSPS) is 18.0. The Morgan fingerprint density at radius 1 is 1.54 bits per heavy atom. The first-order chi connectivity index (χ1) is 11.4. The SMILES string of the molecule is CC(C)OC(=O)c1cc(Br)c(CCCN2C(=O)OCCC2CBr)s1. The first-order valence-corrected chi connectivity index (χ1v) is 10.6. The summed E-state index contributed by atoms with van der Waals surface area (Å²) in [5, 5.41) is 0.760. The third-order valence-corrected chi connectivity index (χ3v) is 6.53. The number of halogens is 2. The number of aryl methyl sites for hydroxylation is 1. The van der Waals surface area contributed by atoms with Crippen molar-refractivity contribution >= 4 is 55.3 Å². The Bertz CT molecular complexity index is 591. The third-order valence-electron chi connectivity index (χ3n) is 3.63. The second-order valence-electron chi connectivity index (χ2n) is 5.84. The van der Waals surface area contributed by atoms with E-state index in [1.165, 1.54) is 11.3 Å². The lowest BCUT2D eigenvalue weighted by Crippen LogP contribution is -2.47. The average molecular weight is 483 g/mol. The lowest BCUT2D eigenvalue weighted by atomic mass is 10.1. The number of thiophene rings is 1. The molecule has 0 aliphatic carbocycles. The van der Waals surface area contributed by atoms with Crippen molar-refractivity contribution in [3.63, 3.8) is 0 Å². The van der Waals surface area contributed by atoms with Crippen LogP contribution in [0, 0.1) is 0 Å². The molecular weight excluding hydrogens is 462 g/mol. The van der Waals surface area contributed by atoms with Gasteiger partial charge in [0.05, 0.1) is 12.7 Å². The number of carbonyl (C=O) groups is 2. The highest BCUT2D eigenvalue weighted by Crippen LogP contribution is 2.29. The maximum Gasteiger partial charge on any atom is 0.410 e. The van der Waals surface area contributed by atoms with Crippen molar-refractivity contribution < 1.29 is 19.1 Å². The van der Waals surface area contributed by atoms with Crippen molar-refractivity contribution in [1.82, 2.24) is 4.90 Å². The Morgan fingerprint density at radius 2 is 2.29 bits per heavy atom. The molecule has 1 aromatic rings. The molecule has 1 atom stereocenters. The number of amides is 1. The van der Waals surface area contributed by atoms with E-state index in [1.807, 2.05) is 13.8 Å². The molecule has 24 heavy (non-hydrogen) atoms. The van der Waals surface area contributed by atoms with Crippen molar-refractivity contribution in [1.29, 1.82) is 0 Å². The number of carbonyl (C=O) groups excluding carboxylic acids is 2. The zero-order chi connectivity index (χ0) is 17.7. The Labute approximate surface area is 162 Å². The minimum atomic E-state index is -0.291. The molecule has 0 aromatic carbocycles. The predicted octanol–water partition coefficient (Wildman–Crippen LogP) is 4.61. The molecule has 1 saturated heterocycles. The molecule has 1 fully saturated rings. The lowest BCUT2D eigenvalue weighted by molar-refractivity contribution is 0.0383. The summed E-state index contributed by atoms with van der Waals surface area (Å²) in [5.41, 5.74) is 0. The molecule has 2 heterocycles. The van der Waals surface area contributed by atoms with Crippen molar-refractivity contribution in [2.45, 2.75) is 45.3 Å². The maximum absolute atomic E-state index is 12.0. The number of hydrogen-bond donors (Lipinski definition) is 0. The minimum absolute atomic E-state index is 0.131. The van der Waals surface area contributed by atoms with Gasteiger partial charge in [-0.2, -0.15) is 0 Å². The van der Waals surface area contributed by atoms with Gasteiger partial charge in [-0.15, -0.1) is 11.3 Å². The smallest absolute Gasteiger partial charge is 0.410 e. The van der Waals surface area contributed by atoms with Gasteiger partial charge in [-0.3, -0.25) is 0 Å². The minimum Gasteiger partial charge on any atom is -0.459 e. The van der Waals surface area contributed by atoms with E-state index in [9.17, 15) is 9.59 Å². The van der Waals surface area contributed by atoms with Crippen LogP contribution >= 0.6 is 43.2 Å². The van der Waals surface area contributed by atoms with Crippen LogP contribution in [0.1, 0.15) is 41.2 Å². The molecule has 1 amide bonds. The Morgan fingerprint density at radius 3 is 2.96 bits per heavy atom. The van der Waals surface area contributed by atoms with Crippen LogP contribution in [-0.2, 0) is 15.9 Å². The van der Waals surface area contributed by atoms with Crippen LogP contribution in [0.25, 0.3) is 0 Å². The Hall–Kier alpha value is -0.600. The molecule has 1 unspecified atom stereocenters. The van der Waals surface area contributed by atoms with Crippen LogP contribution < -0.4 is 0 Å². The van der Waals surface area contributed by atoms with Crippen molar-refractivity contribution in [2.75, 3.05) is 18.5 Å². The van der Waals surface area contributed by atoms with Crippen LogP contribution in [0.4, 0.5) is 4.79 Å². The first kappa shape index (κ1) is 19.7. The van der Waals surface area contributed by atoms with E-state index in [0.29, 0.717) is 18.0 Å². The summed E-state index contributed by atoms with van der Waals surface area (Å²) < 4.78 is 11.3. The van der Waals surface area contributed by atoms with Gasteiger partial charge in [-0.05, 0) is 48.7 Å². The van der Waals surface area contributed by atoms with E-state index in [0.717, 1.165) is 33.9 Å². The number of esters is 1. The molecule has 5 nitrogen and oxygen atoms in total. The molecule has 0 spiro atoms. The summed E-state index contributed by atoms with van der Waals surface area (Å²) in [6.45, 7) is 4.80. The number of cyclic esters (lactones) is 1. The van der Waals surface area contributed by atoms with Crippen LogP contribution in [0.2, 0.25) is 0 Å². The number of alkyl halides is 1. The fourth-order valence-corrected chi connectivity index (χ4v) is 4.94. The molecule has 1 aliphatic rings. The van der Waals surface area contributed by atoms with E-state index < -0.39 is 0 Å².